The van der Waals surface area contributed by atoms with Crippen LogP contribution in [0.5, 0.6) is 0 Å². The lowest BCUT2D eigenvalue weighted by Crippen LogP contribution is -2.38. The second-order valence-electron chi connectivity index (χ2n) is 6.17. The summed E-state index contributed by atoms with van der Waals surface area (Å²) in [5.41, 5.74) is 0.227. The number of hydrogen-bond donors (Lipinski definition) is 0. The van der Waals surface area contributed by atoms with Crippen molar-refractivity contribution in [3.05, 3.63) is 0 Å². The predicted molar refractivity (Wildman–Crippen MR) is 59.9 cm³/mol. The van der Waals surface area contributed by atoms with E-state index in [-0.39, 0.29) is 11.0 Å². The van der Waals surface area contributed by atoms with Crippen molar-refractivity contribution in [3.63, 3.8) is 0 Å². The van der Waals surface area contributed by atoms with Crippen LogP contribution in [0.25, 0.3) is 0 Å². The van der Waals surface area contributed by atoms with Gasteiger partial charge in [-0.1, -0.05) is 0 Å². The maximum absolute atomic E-state index is 5.96. The molecule has 88 valence electrons. The minimum atomic E-state index is -0.0386. The second kappa shape index (κ2) is 3.72. The lowest BCUT2D eigenvalue weighted by Gasteiger charge is -2.31. The molecule has 0 amide bonds. The summed E-state index contributed by atoms with van der Waals surface area (Å²) in [5, 5.41) is 0. The van der Waals surface area contributed by atoms with E-state index in [0.717, 1.165) is 32.9 Å². The number of fused-ring (bicyclic) bond motifs is 1. The molecule has 0 aromatic heterocycles. The summed E-state index contributed by atoms with van der Waals surface area (Å²) in [5.74, 6) is 0.671. The molecule has 3 nitrogen and oxygen atoms in total. The smallest absolute Gasteiger partial charge is 0.0598 e. The average Bonchev–Trinajstić information content (AvgIpc) is 2.55. The van der Waals surface area contributed by atoms with Gasteiger partial charge in [-0.05, 0) is 27.8 Å². The lowest BCUT2D eigenvalue weighted by atomic mass is 9.82. The Kier molecular flexibility index (Phi) is 2.82. The molecule has 2 heterocycles. The largest absolute Gasteiger partial charge is 0.380 e. The Labute approximate surface area is 92.7 Å². The minimum absolute atomic E-state index is 0.0386. The summed E-state index contributed by atoms with van der Waals surface area (Å²) < 4.78 is 11.6. The van der Waals surface area contributed by atoms with Crippen LogP contribution >= 0.6 is 0 Å². The Hall–Kier alpha value is -0.120. The number of rotatable bonds is 2. The molecule has 0 aliphatic carbocycles. The molecular weight excluding hydrogens is 190 g/mol. The summed E-state index contributed by atoms with van der Waals surface area (Å²) in [7, 11) is 2.19. The Bertz CT molecular complexity index is 236. The highest BCUT2D eigenvalue weighted by Crippen LogP contribution is 2.41. The van der Waals surface area contributed by atoms with E-state index in [9.17, 15) is 0 Å². The number of hydrogen-bond acceptors (Lipinski definition) is 3. The van der Waals surface area contributed by atoms with Crippen LogP contribution in [0.1, 0.15) is 20.8 Å². The third kappa shape index (κ3) is 2.35. The van der Waals surface area contributed by atoms with Crippen molar-refractivity contribution in [1.29, 1.82) is 0 Å². The summed E-state index contributed by atoms with van der Waals surface area (Å²) in [6.07, 6.45) is 0. The molecule has 2 unspecified atom stereocenters. The first kappa shape index (κ1) is 11.4. The Balaban J connectivity index is 1.99. The van der Waals surface area contributed by atoms with Gasteiger partial charge in [0.15, 0.2) is 0 Å². The van der Waals surface area contributed by atoms with Gasteiger partial charge >= 0.3 is 0 Å². The molecule has 0 aromatic carbocycles. The van der Waals surface area contributed by atoms with Gasteiger partial charge in [-0.15, -0.1) is 0 Å². The Morgan fingerprint density at radius 2 is 2.20 bits per heavy atom. The van der Waals surface area contributed by atoms with Gasteiger partial charge in [0.05, 0.1) is 25.4 Å². The first-order chi connectivity index (χ1) is 6.91. The standard InChI is InChI=1S/C12H23NO2/c1-11(2,3)15-9-12-7-13(4)5-10(12)6-14-8-12/h10H,5-9H2,1-4H3. The molecule has 0 aromatic rings. The minimum Gasteiger partial charge on any atom is -0.380 e. The van der Waals surface area contributed by atoms with E-state index in [1.807, 2.05) is 0 Å². The first-order valence-corrected chi connectivity index (χ1v) is 5.82. The fourth-order valence-corrected chi connectivity index (χ4v) is 2.66. The van der Waals surface area contributed by atoms with E-state index in [2.05, 4.69) is 32.7 Å². The Morgan fingerprint density at radius 1 is 1.47 bits per heavy atom. The van der Waals surface area contributed by atoms with E-state index < -0.39 is 0 Å². The predicted octanol–water partition coefficient (Wildman–Crippen LogP) is 1.38. The van der Waals surface area contributed by atoms with Crippen molar-refractivity contribution in [3.8, 4) is 0 Å². The zero-order chi connectivity index (χ0) is 11.1. The molecule has 0 bridgehead atoms. The summed E-state index contributed by atoms with van der Waals surface area (Å²) in [4.78, 5) is 2.40. The van der Waals surface area contributed by atoms with Crippen molar-refractivity contribution in [2.24, 2.45) is 11.3 Å². The number of ether oxygens (including phenoxy) is 2. The zero-order valence-corrected chi connectivity index (χ0v) is 10.4. The normalized spacial score (nSPS) is 37.2. The molecule has 2 aliphatic heterocycles. The van der Waals surface area contributed by atoms with Crippen LogP contribution < -0.4 is 0 Å². The van der Waals surface area contributed by atoms with Crippen LogP contribution in [0.4, 0.5) is 0 Å². The molecule has 2 rings (SSSR count). The highest BCUT2D eigenvalue weighted by molar-refractivity contribution is 4.99. The van der Waals surface area contributed by atoms with Crippen LogP contribution in [-0.2, 0) is 9.47 Å². The van der Waals surface area contributed by atoms with E-state index in [0.29, 0.717) is 5.92 Å². The maximum atomic E-state index is 5.96. The summed E-state index contributed by atoms with van der Waals surface area (Å²) >= 11 is 0. The average molecular weight is 213 g/mol. The van der Waals surface area contributed by atoms with E-state index in [1.165, 1.54) is 0 Å². The van der Waals surface area contributed by atoms with Crippen molar-refractivity contribution in [1.82, 2.24) is 4.90 Å². The molecule has 2 saturated heterocycles. The highest BCUT2D eigenvalue weighted by Gasteiger charge is 2.50. The monoisotopic (exact) mass is 213 g/mol. The van der Waals surface area contributed by atoms with Crippen molar-refractivity contribution < 1.29 is 9.47 Å². The number of likely N-dealkylation sites (tertiary alicyclic amines) is 1. The Morgan fingerprint density at radius 3 is 2.87 bits per heavy atom. The third-order valence-electron chi connectivity index (χ3n) is 3.48. The molecule has 0 saturated carbocycles. The van der Waals surface area contributed by atoms with Crippen molar-refractivity contribution in [2.45, 2.75) is 26.4 Å². The van der Waals surface area contributed by atoms with Crippen LogP contribution in [0, 0.1) is 11.3 Å². The van der Waals surface area contributed by atoms with E-state index >= 15 is 0 Å². The first-order valence-electron chi connectivity index (χ1n) is 5.82. The van der Waals surface area contributed by atoms with Crippen molar-refractivity contribution >= 4 is 0 Å². The molecule has 2 aliphatic rings. The van der Waals surface area contributed by atoms with E-state index in [4.69, 9.17) is 9.47 Å². The molecule has 15 heavy (non-hydrogen) atoms. The highest BCUT2D eigenvalue weighted by atomic mass is 16.5. The topological polar surface area (TPSA) is 21.7 Å². The molecule has 2 atom stereocenters. The molecular formula is C12H23NO2. The van der Waals surface area contributed by atoms with Crippen LogP contribution in [0.2, 0.25) is 0 Å². The quantitative estimate of drug-likeness (QED) is 0.691. The van der Waals surface area contributed by atoms with Gasteiger partial charge in [-0.2, -0.15) is 0 Å². The summed E-state index contributed by atoms with van der Waals surface area (Å²) in [6, 6.07) is 0. The molecule has 0 spiro atoms. The molecule has 3 heteroatoms. The van der Waals surface area contributed by atoms with Crippen LogP contribution in [0.15, 0.2) is 0 Å². The van der Waals surface area contributed by atoms with Gasteiger partial charge in [-0.3, -0.25) is 0 Å². The van der Waals surface area contributed by atoms with Gasteiger partial charge < -0.3 is 14.4 Å². The summed E-state index contributed by atoms with van der Waals surface area (Å²) in [6.45, 7) is 11.3. The third-order valence-corrected chi connectivity index (χ3v) is 3.48. The van der Waals surface area contributed by atoms with Gasteiger partial charge in [-0.25, -0.2) is 0 Å². The SMILES string of the molecule is CN1CC2COCC2(COC(C)(C)C)C1. The molecule has 0 radical (unpaired) electrons. The van der Waals surface area contributed by atoms with Crippen LogP contribution in [0.3, 0.4) is 0 Å². The van der Waals surface area contributed by atoms with Gasteiger partial charge in [0.1, 0.15) is 0 Å². The zero-order valence-electron chi connectivity index (χ0n) is 10.4. The lowest BCUT2D eigenvalue weighted by molar-refractivity contribution is -0.0569. The van der Waals surface area contributed by atoms with Gasteiger partial charge in [0.25, 0.3) is 0 Å². The van der Waals surface area contributed by atoms with Gasteiger partial charge in [0.2, 0.25) is 0 Å². The fourth-order valence-electron chi connectivity index (χ4n) is 2.66. The second-order valence-corrected chi connectivity index (χ2v) is 6.17. The van der Waals surface area contributed by atoms with Crippen molar-refractivity contribution in [2.75, 3.05) is 40.0 Å². The maximum Gasteiger partial charge on any atom is 0.0598 e. The van der Waals surface area contributed by atoms with E-state index in [1.54, 1.807) is 0 Å². The van der Waals surface area contributed by atoms with Gasteiger partial charge in [0, 0.05) is 24.4 Å². The number of nitrogens with zero attached hydrogens (tertiary/aromatic N) is 1. The van der Waals surface area contributed by atoms with Crippen LogP contribution in [-0.4, -0.2) is 50.5 Å². The molecule has 0 N–H and O–H groups in total. The fraction of sp³-hybridized carbons (Fsp3) is 1.00. The molecule has 2 fully saturated rings.